The predicted molar refractivity (Wildman–Crippen MR) is 69.3 cm³/mol. The van der Waals surface area contributed by atoms with Crippen LogP contribution in [0.1, 0.15) is 35.1 Å². The summed E-state index contributed by atoms with van der Waals surface area (Å²) in [5.41, 5.74) is 3.42. The number of aliphatic hydroxyl groups is 1. The van der Waals surface area contributed by atoms with Crippen molar-refractivity contribution in [1.29, 1.82) is 0 Å². The van der Waals surface area contributed by atoms with E-state index in [9.17, 15) is 5.11 Å². The normalized spacial score (nSPS) is 22.5. The van der Waals surface area contributed by atoms with Gasteiger partial charge in [-0.25, -0.2) is 0 Å². The van der Waals surface area contributed by atoms with Crippen LogP contribution in [0.4, 0.5) is 0 Å². The highest BCUT2D eigenvalue weighted by molar-refractivity contribution is 6.30. The fraction of sp³-hybridized carbons (Fsp3) is 0.200. The fourth-order valence-corrected chi connectivity index (χ4v) is 2.81. The van der Waals surface area contributed by atoms with Gasteiger partial charge in [0, 0.05) is 10.9 Å². The van der Waals surface area contributed by atoms with Crippen LogP contribution >= 0.6 is 11.6 Å². The molecule has 0 heterocycles. The van der Waals surface area contributed by atoms with E-state index < -0.39 is 0 Å². The van der Waals surface area contributed by atoms with Crippen LogP contribution in [-0.2, 0) is 0 Å². The van der Waals surface area contributed by atoms with E-state index in [-0.39, 0.29) is 12.0 Å². The van der Waals surface area contributed by atoms with Crippen LogP contribution < -0.4 is 0 Å². The first-order valence-corrected chi connectivity index (χ1v) is 6.16. The van der Waals surface area contributed by atoms with Crippen molar-refractivity contribution in [3.8, 4) is 0 Å². The summed E-state index contributed by atoms with van der Waals surface area (Å²) in [5.74, 6) is 0.264. The Hall–Kier alpha value is -1.31. The topological polar surface area (TPSA) is 20.2 Å². The summed E-state index contributed by atoms with van der Waals surface area (Å²) in [6.45, 7) is 0. The van der Waals surface area contributed by atoms with Crippen LogP contribution in [0.3, 0.4) is 0 Å². The van der Waals surface area contributed by atoms with E-state index in [4.69, 9.17) is 11.6 Å². The molecular formula is C15H13ClO. The maximum atomic E-state index is 10.1. The highest BCUT2D eigenvalue weighted by atomic mass is 35.5. The van der Waals surface area contributed by atoms with Crippen molar-refractivity contribution in [2.45, 2.75) is 18.4 Å². The Labute approximate surface area is 106 Å². The van der Waals surface area contributed by atoms with E-state index in [1.807, 2.05) is 36.4 Å². The molecule has 0 aromatic heterocycles. The van der Waals surface area contributed by atoms with E-state index in [0.717, 1.165) is 22.6 Å². The van der Waals surface area contributed by atoms with Crippen LogP contribution in [0, 0.1) is 0 Å². The van der Waals surface area contributed by atoms with Gasteiger partial charge in [-0.2, -0.15) is 0 Å². The van der Waals surface area contributed by atoms with Crippen LogP contribution in [0.5, 0.6) is 0 Å². The van der Waals surface area contributed by atoms with Crippen molar-refractivity contribution in [3.05, 3.63) is 70.2 Å². The van der Waals surface area contributed by atoms with Crippen LogP contribution in [-0.4, -0.2) is 5.11 Å². The highest BCUT2D eigenvalue weighted by Gasteiger charge is 2.30. The van der Waals surface area contributed by atoms with Crippen LogP contribution in [0.2, 0.25) is 5.02 Å². The number of benzene rings is 2. The largest absolute Gasteiger partial charge is 0.388 e. The Morgan fingerprint density at radius 1 is 1.00 bits per heavy atom. The molecule has 0 radical (unpaired) electrons. The predicted octanol–water partition coefficient (Wildman–Crippen LogP) is 3.91. The molecule has 1 N–H and O–H groups in total. The zero-order valence-electron chi connectivity index (χ0n) is 9.31. The van der Waals surface area contributed by atoms with Crippen molar-refractivity contribution < 1.29 is 5.11 Å². The standard InChI is InChI=1S/C15H13ClO/c16-11-6-7-12-14(8-11)13(9-15(12)17)10-4-2-1-3-5-10/h1-8,13,15,17H,9H2. The van der Waals surface area contributed by atoms with Gasteiger partial charge in [-0.05, 0) is 35.2 Å². The number of rotatable bonds is 1. The third kappa shape index (κ3) is 1.86. The fourth-order valence-electron chi connectivity index (χ4n) is 2.63. The van der Waals surface area contributed by atoms with Gasteiger partial charge in [0.25, 0.3) is 0 Å². The Balaban J connectivity index is 2.09. The van der Waals surface area contributed by atoms with Gasteiger partial charge in [-0.3, -0.25) is 0 Å². The number of hydrogen-bond donors (Lipinski definition) is 1. The van der Waals surface area contributed by atoms with Gasteiger partial charge >= 0.3 is 0 Å². The van der Waals surface area contributed by atoms with Gasteiger partial charge < -0.3 is 5.11 Å². The minimum atomic E-state index is -0.368. The number of fused-ring (bicyclic) bond motifs is 1. The van der Waals surface area contributed by atoms with Crippen LogP contribution in [0.25, 0.3) is 0 Å². The summed E-state index contributed by atoms with van der Waals surface area (Å²) in [6, 6.07) is 16.0. The van der Waals surface area contributed by atoms with Crippen molar-refractivity contribution >= 4 is 11.6 Å². The first-order valence-electron chi connectivity index (χ1n) is 5.78. The second kappa shape index (κ2) is 4.17. The molecule has 0 saturated carbocycles. The van der Waals surface area contributed by atoms with E-state index in [0.29, 0.717) is 0 Å². The van der Waals surface area contributed by atoms with E-state index >= 15 is 0 Å². The summed E-state index contributed by atoms with van der Waals surface area (Å²) in [6.07, 6.45) is 0.382. The minimum Gasteiger partial charge on any atom is -0.388 e. The molecule has 86 valence electrons. The Morgan fingerprint density at radius 3 is 2.53 bits per heavy atom. The van der Waals surface area contributed by atoms with Crippen LogP contribution in [0.15, 0.2) is 48.5 Å². The minimum absolute atomic E-state index is 0.264. The van der Waals surface area contributed by atoms with Crippen molar-refractivity contribution in [3.63, 3.8) is 0 Å². The van der Waals surface area contributed by atoms with Crippen molar-refractivity contribution in [2.24, 2.45) is 0 Å². The van der Waals surface area contributed by atoms with Gasteiger partial charge in [-0.15, -0.1) is 0 Å². The zero-order valence-corrected chi connectivity index (χ0v) is 10.1. The molecule has 0 fully saturated rings. The molecule has 0 amide bonds. The lowest BCUT2D eigenvalue weighted by molar-refractivity contribution is 0.176. The quantitative estimate of drug-likeness (QED) is 0.807. The summed E-state index contributed by atoms with van der Waals surface area (Å²) < 4.78 is 0. The number of aliphatic hydroxyl groups excluding tert-OH is 1. The first-order chi connectivity index (χ1) is 8.25. The molecule has 2 aromatic rings. The average Bonchev–Trinajstić information content (AvgIpc) is 2.67. The first kappa shape index (κ1) is 10.8. The third-order valence-corrected chi connectivity index (χ3v) is 3.68. The second-order valence-corrected chi connectivity index (χ2v) is 4.92. The lowest BCUT2D eigenvalue weighted by Gasteiger charge is -2.11. The number of halogens is 1. The summed E-state index contributed by atoms with van der Waals surface area (Å²) in [5, 5.41) is 10.8. The van der Waals surface area contributed by atoms with Gasteiger partial charge in [0.2, 0.25) is 0 Å². The lowest BCUT2D eigenvalue weighted by atomic mass is 9.93. The maximum Gasteiger partial charge on any atom is 0.0802 e. The Morgan fingerprint density at radius 2 is 1.76 bits per heavy atom. The molecule has 1 aliphatic carbocycles. The molecule has 2 atom stereocenters. The van der Waals surface area contributed by atoms with E-state index in [2.05, 4.69) is 12.1 Å². The van der Waals surface area contributed by atoms with Gasteiger partial charge in [0.15, 0.2) is 0 Å². The van der Waals surface area contributed by atoms with Gasteiger partial charge in [0.1, 0.15) is 0 Å². The zero-order chi connectivity index (χ0) is 11.8. The summed E-state index contributed by atoms with van der Waals surface area (Å²) in [4.78, 5) is 0. The smallest absolute Gasteiger partial charge is 0.0802 e. The lowest BCUT2D eigenvalue weighted by Crippen LogP contribution is -1.95. The Bertz CT molecular complexity index is 536. The molecular weight excluding hydrogens is 232 g/mol. The number of hydrogen-bond acceptors (Lipinski definition) is 1. The monoisotopic (exact) mass is 244 g/mol. The molecule has 0 bridgehead atoms. The highest BCUT2D eigenvalue weighted by Crippen LogP contribution is 2.44. The SMILES string of the molecule is OC1CC(c2ccccc2)c2cc(Cl)ccc21. The Kier molecular flexibility index (Phi) is 2.65. The van der Waals surface area contributed by atoms with Crippen molar-refractivity contribution in [2.75, 3.05) is 0 Å². The van der Waals surface area contributed by atoms with Gasteiger partial charge in [-0.1, -0.05) is 48.0 Å². The third-order valence-electron chi connectivity index (χ3n) is 3.44. The van der Waals surface area contributed by atoms with Gasteiger partial charge in [0.05, 0.1) is 6.10 Å². The maximum absolute atomic E-state index is 10.1. The molecule has 3 rings (SSSR count). The average molecular weight is 245 g/mol. The molecule has 17 heavy (non-hydrogen) atoms. The summed E-state index contributed by atoms with van der Waals surface area (Å²) >= 11 is 6.04. The molecule has 0 saturated heterocycles. The second-order valence-electron chi connectivity index (χ2n) is 4.49. The molecule has 0 spiro atoms. The molecule has 2 aromatic carbocycles. The molecule has 0 aliphatic heterocycles. The molecule has 1 aliphatic rings. The molecule has 2 heteroatoms. The molecule has 2 unspecified atom stereocenters. The molecule has 1 nitrogen and oxygen atoms in total. The van der Waals surface area contributed by atoms with Crippen molar-refractivity contribution in [1.82, 2.24) is 0 Å². The summed E-state index contributed by atoms with van der Waals surface area (Å²) in [7, 11) is 0. The van der Waals surface area contributed by atoms with E-state index in [1.165, 1.54) is 5.56 Å². The van der Waals surface area contributed by atoms with E-state index in [1.54, 1.807) is 0 Å².